The average molecular weight is 409 g/mol. The van der Waals surface area contributed by atoms with Crippen molar-refractivity contribution in [1.82, 2.24) is 0 Å². The zero-order valence-corrected chi connectivity index (χ0v) is 19.0. The highest BCUT2D eigenvalue weighted by Gasteiger charge is 2.35. The molecule has 0 aromatic rings. The van der Waals surface area contributed by atoms with Gasteiger partial charge in [-0.05, 0) is 25.7 Å². The van der Waals surface area contributed by atoms with Crippen LogP contribution in [0.1, 0.15) is 110 Å². The SMILES string of the molecule is CCCCCCCCCOC(=O)C1CCC=CC1C(=O)OCCCCCCCC. The van der Waals surface area contributed by atoms with Gasteiger partial charge in [0.2, 0.25) is 0 Å². The van der Waals surface area contributed by atoms with E-state index < -0.39 is 5.92 Å². The summed E-state index contributed by atoms with van der Waals surface area (Å²) >= 11 is 0. The Morgan fingerprint density at radius 2 is 1.21 bits per heavy atom. The number of carbonyl (C=O) groups is 2. The molecule has 0 saturated carbocycles. The van der Waals surface area contributed by atoms with E-state index in [1.165, 1.54) is 57.8 Å². The Morgan fingerprint density at radius 3 is 1.76 bits per heavy atom. The molecule has 4 nitrogen and oxygen atoms in total. The van der Waals surface area contributed by atoms with Crippen LogP contribution in [0.5, 0.6) is 0 Å². The van der Waals surface area contributed by atoms with Gasteiger partial charge in [-0.3, -0.25) is 9.59 Å². The normalized spacial score (nSPS) is 18.6. The summed E-state index contributed by atoms with van der Waals surface area (Å²) in [7, 11) is 0. The highest BCUT2D eigenvalue weighted by molar-refractivity contribution is 5.83. The second kappa shape index (κ2) is 17.5. The maximum Gasteiger partial charge on any atom is 0.313 e. The van der Waals surface area contributed by atoms with E-state index in [1.807, 2.05) is 12.2 Å². The molecule has 0 heterocycles. The maximum atomic E-state index is 12.5. The monoisotopic (exact) mass is 408 g/mol. The lowest BCUT2D eigenvalue weighted by molar-refractivity contribution is -0.159. The Labute approximate surface area is 178 Å². The summed E-state index contributed by atoms with van der Waals surface area (Å²) in [5, 5.41) is 0. The van der Waals surface area contributed by atoms with Crippen LogP contribution in [0.15, 0.2) is 12.2 Å². The Hall–Kier alpha value is -1.32. The molecule has 29 heavy (non-hydrogen) atoms. The van der Waals surface area contributed by atoms with Gasteiger partial charge >= 0.3 is 11.9 Å². The summed E-state index contributed by atoms with van der Waals surface area (Å²) in [6.07, 6.45) is 20.6. The number of esters is 2. The molecule has 2 atom stereocenters. The molecule has 0 saturated heterocycles. The third kappa shape index (κ3) is 12.1. The van der Waals surface area contributed by atoms with Gasteiger partial charge in [0.1, 0.15) is 0 Å². The fraction of sp³-hybridized carbons (Fsp3) is 0.840. The fourth-order valence-electron chi connectivity index (χ4n) is 3.83. The van der Waals surface area contributed by atoms with E-state index in [0.29, 0.717) is 19.6 Å². The second-order valence-electron chi connectivity index (χ2n) is 8.36. The third-order valence-corrected chi connectivity index (χ3v) is 5.73. The molecule has 0 spiro atoms. The highest BCUT2D eigenvalue weighted by atomic mass is 16.5. The minimum absolute atomic E-state index is 0.234. The van der Waals surface area contributed by atoms with Crippen molar-refractivity contribution >= 4 is 11.9 Å². The van der Waals surface area contributed by atoms with Crippen LogP contribution in [-0.4, -0.2) is 25.2 Å². The minimum Gasteiger partial charge on any atom is -0.465 e. The molecular weight excluding hydrogens is 364 g/mol. The number of unbranched alkanes of at least 4 members (excludes halogenated alkanes) is 11. The highest BCUT2D eigenvalue weighted by Crippen LogP contribution is 2.27. The molecule has 0 N–H and O–H groups in total. The molecule has 1 rings (SSSR count). The van der Waals surface area contributed by atoms with Crippen molar-refractivity contribution in [2.45, 2.75) is 110 Å². The van der Waals surface area contributed by atoms with Gasteiger partial charge in [-0.15, -0.1) is 0 Å². The van der Waals surface area contributed by atoms with Crippen molar-refractivity contribution < 1.29 is 19.1 Å². The van der Waals surface area contributed by atoms with Crippen LogP contribution >= 0.6 is 0 Å². The van der Waals surface area contributed by atoms with E-state index in [0.717, 1.165) is 32.1 Å². The van der Waals surface area contributed by atoms with E-state index in [2.05, 4.69) is 13.8 Å². The lowest BCUT2D eigenvalue weighted by atomic mass is 9.84. The van der Waals surface area contributed by atoms with Crippen LogP contribution in [0.25, 0.3) is 0 Å². The smallest absolute Gasteiger partial charge is 0.313 e. The molecule has 4 heteroatoms. The van der Waals surface area contributed by atoms with Gasteiger partial charge < -0.3 is 9.47 Å². The number of rotatable bonds is 17. The molecule has 0 bridgehead atoms. The molecule has 168 valence electrons. The van der Waals surface area contributed by atoms with E-state index in [1.54, 1.807) is 0 Å². The summed E-state index contributed by atoms with van der Waals surface area (Å²) in [6.45, 7) is 5.34. The van der Waals surface area contributed by atoms with Crippen LogP contribution in [0.2, 0.25) is 0 Å². The van der Waals surface area contributed by atoms with Gasteiger partial charge in [-0.1, -0.05) is 96.6 Å². The van der Waals surface area contributed by atoms with Crippen LogP contribution < -0.4 is 0 Å². The first-order valence-electron chi connectivity index (χ1n) is 12.2. The molecule has 0 amide bonds. The number of hydrogen-bond acceptors (Lipinski definition) is 4. The molecule has 0 fully saturated rings. The molecule has 0 aromatic carbocycles. The number of allylic oxidation sites excluding steroid dienone is 1. The molecule has 2 unspecified atom stereocenters. The standard InChI is InChI=1S/C25H44O4/c1-3-5-7-9-11-13-17-21-29-25(27)23-19-15-14-18-22(23)24(26)28-20-16-12-10-8-6-4-2/h14,18,22-23H,3-13,15-17,19-21H2,1-2H3. The van der Waals surface area contributed by atoms with Crippen molar-refractivity contribution in [3.8, 4) is 0 Å². The van der Waals surface area contributed by atoms with Gasteiger partial charge in [0.15, 0.2) is 0 Å². The Kier molecular flexibility index (Phi) is 15.5. The van der Waals surface area contributed by atoms with Crippen LogP contribution in [0, 0.1) is 11.8 Å². The summed E-state index contributed by atoms with van der Waals surface area (Å²) in [5.74, 6) is -1.37. The second-order valence-corrected chi connectivity index (χ2v) is 8.36. The summed E-state index contributed by atoms with van der Waals surface area (Å²) in [6, 6.07) is 0. The van der Waals surface area contributed by atoms with E-state index in [9.17, 15) is 9.59 Å². The van der Waals surface area contributed by atoms with Crippen LogP contribution in [-0.2, 0) is 19.1 Å². The van der Waals surface area contributed by atoms with E-state index >= 15 is 0 Å². The first-order chi connectivity index (χ1) is 14.2. The van der Waals surface area contributed by atoms with Gasteiger partial charge in [0.25, 0.3) is 0 Å². The number of ether oxygens (including phenoxy) is 2. The van der Waals surface area contributed by atoms with E-state index in [-0.39, 0.29) is 17.9 Å². The van der Waals surface area contributed by atoms with Gasteiger partial charge in [0, 0.05) is 0 Å². The zero-order chi connectivity index (χ0) is 21.2. The number of hydrogen-bond donors (Lipinski definition) is 0. The largest absolute Gasteiger partial charge is 0.465 e. The number of carbonyl (C=O) groups excluding carboxylic acids is 2. The van der Waals surface area contributed by atoms with E-state index in [4.69, 9.17) is 9.47 Å². The predicted molar refractivity (Wildman–Crippen MR) is 119 cm³/mol. The molecule has 0 radical (unpaired) electrons. The van der Waals surface area contributed by atoms with Crippen molar-refractivity contribution in [3.63, 3.8) is 0 Å². The average Bonchev–Trinajstić information content (AvgIpc) is 2.74. The van der Waals surface area contributed by atoms with Crippen LogP contribution in [0.3, 0.4) is 0 Å². The fourth-order valence-corrected chi connectivity index (χ4v) is 3.83. The lowest BCUT2D eigenvalue weighted by Crippen LogP contribution is -2.33. The van der Waals surface area contributed by atoms with Gasteiger partial charge in [0.05, 0.1) is 25.0 Å². The summed E-state index contributed by atoms with van der Waals surface area (Å²) in [5.41, 5.74) is 0. The quantitative estimate of drug-likeness (QED) is 0.151. The Morgan fingerprint density at radius 1 is 0.724 bits per heavy atom. The van der Waals surface area contributed by atoms with Gasteiger partial charge in [-0.2, -0.15) is 0 Å². The van der Waals surface area contributed by atoms with Gasteiger partial charge in [-0.25, -0.2) is 0 Å². The lowest BCUT2D eigenvalue weighted by Gasteiger charge is -2.24. The van der Waals surface area contributed by atoms with Crippen molar-refractivity contribution in [2.24, 2.45) is 11.8 Å². The van der Waals surface area contributed by atoms with Crippen molar-refractivity contribution in [3.05, 3.63) is 12.2 Å². The van der Waals surface area contributed by atoms with Crippen LogP contribution in [0.4, 0.5) is 0 Å². The Balaban J connectivity index is 2.22. The predicted octanol–water partition coefficient (Wildman–Crippen LogP) is 6.77. The molecule has 1 aliphatic rings. The third-order valence-electron chi connectivity index (χ3n) is 5.73. The first kappa shape index (κ1) is 25.7. The minimum atomic E-state index is -0.481. The summed E-state index contributed by atoms with van der Waals surface area (Å²) in [4.78, 5) is 25.0. The molecule has 0 aliphatic heterocycles. The Bertz CT molecular complexity index is 458. The molecule has 1 aliphatic carbocycles. The summed E-state index contributed by atoms with van der Waals surface area (Å²) < 4.78 is 10.9. The van der Waals surface area contributed by atoms with Crippen molar-refractivity contribution in [2.75, 3.05) is 13.2 Å². The first-order valence-corrected chi connectivity index (χ1v) is 12.2. The molecular formula is C25H44O4. The molecule has 0 aromatic heterocycles. The zero-order valence-electron chi connectivity index (χ0n) is 19.0. The van der Waals surface area contributed by atoms with Crippen molar-refractivity contribution in [1.29, 1.82) is 0 Å². The maximum absolute atomic E-state index is 12.5. The topological polar surface area (TPSA) is 52.6 Å².